The molecule has 0 spiro atoms. The number of aryl methyl sites for hydroxylation is 1. The van der Waals surface area contributed by atoms with Crippen LogP contribution in [0.15, 0.2) is 41.6 Å². The molecular formula is C21H19Cl3N4O4S. The maximum Gasteiger partial charge on any atom is 0.335 e. The molecule has 3 rings (SSSR count). The van der Waals surface area contributed by atoms with E-state index in [0.29, 0.717) is 40.4 Å². The molecule has 12 heteroatoms. The number of carboxylic acids is 1. The summed E-state index contributed by atoms with van der Waals surface area (Å²) in [5.74, 6) is -0.0825. The summed E-state index contributed by atoms with van der Waals surface area (Å²) in [4.78, 5) is 23.4. The van der Waals surface area contributed by atoms with Crippen molar-refractivity contribution in [3.8, 4) is 5.75 Å². The zero-order valence-electron chi connectivity index (χ0n) is 17.3. The van der Waals surface area contributed by atoms with E-state index in [1.165, 1.54) is 30.0 Å². The highest BCUT2D eigenvalue weighted by Gasteiger charge is 2.14. The lowest BCUT2D eigenvalue weighted by molar-refractivity contribution is -0.113. The molecule has 0 saturated heterocycles. The van der Waals surface area contributed by atoms with E-state index in [1.54, 1.807) is 18.2 Å². The first-order valence-electron chi connectivity index (χ1n) is 9.66. The Morgan fingerprint density at radius 2 is 1.91 bits per heavy atom. The van der Waals surface area contributed by atoms with Crippen LogP contribution in [0.3, 0.4) is 0 Å². The van der Waals surface area contributed by atoms with E-state index >= 15 is 0 Å². The van der Waals surface area contributed by atoms with E-state index in [4.69, 9.17) is 44.6 Å². The molecule has 2 aromatic carbocycles. The fourth-order valence-corrected chi connectivity index (χ4v) is 4.12. The van der Waals surface area contributed by atoms with Gasteiger partial charge >= 0.3 is 5.97 Å². The lowest BCUT2D eigenvalue weighted by Crippen LogP contribution is -2.15. The first-order valence-corrected chi connectivity index (χ1v) is 11.8. The lowest BCUT2D eigenvalue weighted by Gasteiger charge is -2.09. The minimum atomic E-state index is -1.11. The van der Waals surface area contributed by atoms with Gasteiger partial charge in [-0.25, -0.2) is 4.79 Å². The van der Waals surface area contributed by atoms with E-state index < -0.39 is 5.97 Å². The predicted molar refractivity (Wildman–Crippen MR) is 129 cm³/mol. The summed E-state index contributed by atoms with van der Waals surface area (Å²) in [7, 11) is 1.82. The van der Waals surface area contributed by atoms with Crippen molar-refractivity contribution in [1.29, 1.82) is 0 Å². The number of nitrogens with zero attached hydrogens (tertiary/aromatic N) is 3. The van der Waals surface area contributed by atoms with E-state index in [2.05, 4.69) is 15.5 Å². The summed E-state index contributed by atoms with van der Waals surface area (Å²) in [6.07, 6.45) is 1.31. The summed E-state index contributed by atoms with van der Waals surface area (Å²) in [6.45, 7) is 0.440. The molecule has 0 aliphatic carbocycles. The number of aromatic carboxylic acids is 1. The number of hydrogen-bond acceptors (Lipinski definition) is 6. The Labute approximate surface area is 209 Å². The van der Waals surface area contributed by atoms with Crippen LogP contribution in [0.2, 0.25) is 15.1 Å². The number of rotatable bonds is 10. The van der Waals surface area contributed by atoms with Crippen LogP contribution in [-0.4, -0.2) is 44.1 Å². The van der Waals surface area contributed by atoms with Gasteiger partial charge in [0, 0.05) is 18.5 Å². The molecule has 0 unspecified atom stereocenters. The van der Waals surface area contributed by atoms with E-state index in [9.17, 15) is 9.59 Å². The standard InChI is InChI=1S/C21H19Cl3N4O4S/c1-28-18(3-2-8-32-17-7-5-13(22)10-15(17)24)26-27-21(28)33-11-19(29)25-16-9-12(20(30)31)4-6-14(16)23/h4-7,9-10H,2-3,8,11H2,1H3,(H,25,29)(H,30,31). The highest BCUT2D eigenvalue weighted by molar-refractivity contribution is 7.99. The highest BCUT2D eigenvalue weighted by atomic mass is 35.5. The number of anilines is 1. The molecular weight excluding hydrogens is 511 g/mol. The molecule has 0 radical (unpaired) electrons. The van der Waals surface area contributed by atoms with Gasteiger partial charge in [-0.05, 0) is 42.8 Å². The molecule has 0 fully saturated rings. The Morgan fingerprint density at radius 1 is 1.12 bits per heavy atom. The first-order chi connectivity index (χ1) is 15.7. The highest BCUT2D eigenvalue weighted by Crippen LogP contribution is 2.28. The van der Waals surface area contributed by atoms with Gasteiger partial charge in [0.1, 0.15) is 11.6 Å². The molecule has 0 aliphatic rings. The first kappa shape index (κ1) is 25.2. The monoisotopic (exact) mass is 528 g/mol. The average Bonchev–Trinajstić information content (AvgIpc) is 3.11. The molecule has 2 N–H and O–H groups in total. The van der Waals surface area contributed by atoms with Crippen molar-refractivity contribution >= 4 is 64.1 Å². The number of benzene rings is 2. The van der Waals surface area contributed by atoms with Crippen LogP contribution in [0.4, 0.5) is 5.69 Å². The molecule has 0 aliphatic heterocycles. The normalized spacial score (nSPS) is 10.8. The number of aromatic nitrogens is 3. The number of halogens is 3. The molecule has 1 aromatic heterocycles. The number of hydrogen-bond donors (Lipinski definition) is 2. The van der Waals surface area contributed by atoms with Crippen molar-refractivity contribution in [2.75, 3.05) is 17.7 Å². The van der Waals surface area contributed by atoms with Crippen LogP contribution < -0.4 is 10.1 Å². The number of nitrogens with one attached hydrogen (secondary N) is 1. The maximum absolute atomic E-state index is 12.3. The van der Waals surface area contributed by atoms with Gasteiger partial charge < -0.3 is 19.7 Å². The van der Waals surface area contributed by atoms with Gasteiger partial charge in [0.2, 0.25) is 5.91 Å². The third-order valence-corrected chi connectivity index (χ3v) is 6.32. The third-order valence-electron chi connectivity index (χ3n) is 4.44. The summed E-state index contributed by atoms with van der Waals surface area (Å²) in [5.41, 5.74) is 0.268. The molecule has 0 saturated carbocycles. The number of carboxylic acid groups (broad SMARTS) is 1. The Bertz CT molecular complexity index is 1170. The van der Waals surface area contributed by atoms with Crippen molar-refractivity contribution in [3.63, 3.8) is 0 Å². The van der Waals surface area contributed by atoms with E-state index in [0.717, 1.165) is 5.82 Å². The zero-order chi connectivity index (χ0) is 24.0. The van der Waals surface area contributed by atoms with Gasteiger partial charge in [-0.3, -0.25) is 4.79 Å². The summed E-state index contributed by atoms with van der Waals surface area (Å²) >= 11 is 19.2. The van der Waals surface area contributed by atoms with Crippen LogP contribution in [0.25, 0.3) is 0 Å². The maximum atomic E-state index is 12.3. The summed E-state index contributed by atoms with van der Waals surface area (Å²) in [5, 5.41) is 21.8. The minimum Gasteiger partial charge on any atom is -0.492 e. The second-order valence-corrected chi connectivity index (χ2v) is 9.01. The Balaban J connectivity index is 1.48. The second-order valence-electron chi connectivity index (χ2n) is 6.82. The second kappa shape index (κ2) is 11.6. The molecule has 0 atom stereocenters. The van der Waals surface area contributed by atoms with Gasteiger partial charge in [-0.1, -0.05) is 46.6 Å². The Hall–Kier alpha value is -2.46. The van der Waals surface area contributed by atoms with Crippen LogP contribution in [0, 0.1) is 0 Å². The van der Waals surface area contributed by atoms with Gasteiger partial charge in [-0.15, -0.1) is 10.2 Å². The minimum absolute atomic E-state index is 0.0302. The molecule has 1 amide bonds. The quantitative estimate of drug-likeness (QED) is 0.274. The largest absolute Gasteiger partial charge is 0.492 e. The fourth-order valence-electron chi connectivity index (χ4n) is 2.76. The van der Waals surface area contributed by atoms with Crippen LogP contribution >= 0.6 is 46.6 Å². The van der Waals surface area contributed by atoms with E-state index in [-0.39, 0.29) is 27.9 Å². The fraction of sp³-hybridized carbons (Fsp3) is 0.238. The molecule has 8 nitrogen and oxygen atoms in total. The van der Waals surface area contributed by atoms with Gasteiger partial charge in [0.25, 0.3) is 0 Å². The Morgan fingerprint density at radius 3 is 2.64 bits per heavy atom. The predicted octanol–water partition coefficient (Wildman–Crippen LogP) is 5.22. The van der Waals surface area contributed by atoms with Crippen molar-refractivity contribution in [3.05, 3.63) is 62.9 Å². The van der Waals surface area contributed by atoms with Crippen LogP contribution in [-0.2, 0) is 18.3 Å². The topological polar surface area (TPSA) is 106 Å². The Kier molecular flexibility index (Phi) is 8.85. The number of amides is 1. The number of carbonyl (C=O) groups excluding carboxylic acids is 1. The summed E-state index contributed by atoms with van der Waals surface area (Å²) < 4.78 is 7.49. The molecule has 174 valence electrons. The van der Waals surface area contributed by atoms with Crippen LogP contribution in [0.5, 0.6) is 5.75 Å². The van der Waals surface area contributed by atoms with Crippen molar-refractivity contribution in [1.82, 2.24) is 14.8 Å². The number of ether oxygens (including phenoxy) is 1. The molecule has 1 heterocycles. The average molecular weight is 530 g/mol. The smallest absolute Gasteiger partial charge is 0.335 e. The van der Waals surface area contributed by atoms with Crippen LogP contribution in [0.1, 0.15) is 22.6 Å². The summed E-state index contributed by atoms with van der Waals surface area (Å²) in [6, 6.07) is 9.16. The molecule has 3 aromatic rings. The molecule has 33 heavy (non-hydrogen) atoms. The van der Waals surface area contributed by atoms with Gasteiger partial charge in [-0.2, -0.15) is 0 Å². The lowest BCUT2D eigenvalue weighted by atomic mass is 10.2. The number of thioether (sulfide) groups is 1. The van der Waals surface area contributed by atoms with Crippen molar-refractivity contribution in [2.45, 2.75) is 18.0 Å². The number of carbonyl (C=O) groups is 2. The zero-order valence-corrected chi connectivity index (χ0v) is 20.4. The van der Waals surface area contributed by atoms with Crippen molar-refractivity contribution in [2.24, 2.45) is 7.05 Å². The van der Waals surface area contributed by atoms with Crippen molar-refractivity contribution < 1.29 is 19.4 Å². The van der Waals surface area contributed by atoms with Gasteiger partial charge in [0.05, 0.1) is 33.7 Å². The third kappa shape index (κ3) is 7.01. The van der Waals surface area contributed by atoms with E-state index in [1.807, 2.05) is 11.6 Å². The molecule has 0 bridgehead atoms. The van der Waals surface area contributed by atoms with Gasteiger partial charge in [0.15, 0.2) is 5.16 Å². The SMILES string of the molecule is Cn1c(CCCOc2ccc(Cl)cc2Cl)nnc1SCC(=O)Nc1cc(C(=O)O)ccc1Cl.